The van der Waals surface area contributed by atoms with Crippen molar-refractivity contribution >= 4 is 0 Å². The summed E-state index contributed by atoms with van der Waals surface area (Å²) in [6, 6.07) is 0. The van der Waals surface area contributed by atoms with E-state index in [9.17, 15) is 0 Å². The summed E-state index contributed by atoms with van der Waals surface area (Å²) in [4.78, 5) is 2.06. The number of nitrogens with zero attached hydrogens (tertiary/aromatic N) is 1. The molecule has 1 aliphatic carbocycles. The Morgan fingerprint density at radius 2 is 1.91 bits per heavy atom. The molecule has 0 aromatic carbocycles. The molecule has 0 amide bonds. The summed E-state index contributed by atoms with van der Waals surface area (Å²) in [5, 5.41) is 0. The second-order valence-corrected chi connectivity index (χ2v) is 2.15. The Kier molecular flexibility index (Phi) is 8.22. The van der Waals surface area contributed by atoms with Crippen LogP contribution in [0, 0.1) is 6.42 Å². The summed E-state index contributed by atoms with van der Waals surface area (Å²) in [6.07, 6.45) is 7.88. The first-order valence-electron chi connectivity index (χ1n) is 2.94. The predicted molar refractivity (Wildman–Crippen MR) is 38.7 cm³/mol. The molecule has 1 nitrogen and oxygen atoms in total. The molecule has 0 atom stereocenters. The Hall–Kier alpha value is -0.0266. The summed E-state index contributed by atoms with van der Waals surface area (Å²) in [5.74, 6) is 0. The monoisotopic (exact) mass is 219 g/mol. The van der Waals surface area contributed by atoms with Crippen molar-refractivity contribution in [2.45, 2.75) is 0 Å². The largest absolute Gasteiger partial charge is 1.00 e. The van der Waals surface area contributed by atoms with Crippen molar-refractivity contribution in [3.05, 3.63) is 36.1 Å². The summed E-state index contributed by atoms with van der Waals surface area (Å²) in [6.45, 7) is 0. The van der Waals surface area contributed by atoms with Crippen LogP contribution in [0.2, 0.25) is 0 Å². The molecular weight excluding hydrogens is 211 g/mol. The van der Waals surface area contributed by atoms with Crippen LogP contribution < -0.4 is 12.4 Å². The van der Waals surface area contributed by atoms with E-state index in [1.807, 2.05) is 38.7 Å². The maximum Gasteiger partial charge on any atom is 0.0367 e. The van der Waals surface area contributed by atoms with Gasteiger partial charge < -0.3 is 17.3 Å². The Morgan fingerprint density at radius 1 is 1.27 bits per heavy atom. The zero-order valence-corrected chi connectivity index (χ0v) is 10.6. The van der Waals surface area contributed by atoms with Gasteiger partial charge in [0.25, 0.3) is 0 Å². The van der Waals surface area contributed by atoms with Crippen LogP contribution in [0.25, 0.3) is 0 Å². The second kappa shape index (κ2) is 6.67. The Balaban J connectivity index is 0. The minimum Gasteiger partial charge on any atom is -1.00 e. The van der Waals surface area contributed by atoms with E-state index in [-0.39, 0.29) is 31.9 Å². The van der Waals surface area contributed by atoms with Crippen LogP contribution in [-0.2, 0) is 19.5 Å². The van der Waals surface area contributed by atoms with E-state index in [2.05, 4.69) is 10.6 Å². The SMILES string of the molecule is CN(C)C1=CC=C=C[CH]1.[Cl-].[Zn]. The summed E-state index contributed by atoms with van der Waals surface area (Å²) in [7, 11) is 4.05. The van der Waals surface area contributed by atoms with Gasteiger partial charge in [0, 0.05) is 45.7 Å². The molecule has 57 valence electrons. The molecule has 0 unspecified atom stereocenters. The van der Waals surface area contributed by atoms with Crippen molar-refractivity contribution in [2.24, 2.45) is 0 Å². The third-order valence-electron chi connectivity index (χ3n) is 1.22. The first-order valence-corrected chi connectivity index (χ1v) is 2.94. The molecule has 0 aromatic rings. The van der Waals surface area contributed by atoms with Crippen LogP contribution in [0.15, 0.2) is 29.7 Å². The number of hydrogen-bond acceptors (Lipinski definition) is 1. The molecule has 3 heteroatoms. The molecule has 0 heterocycles. The topological polar surface area (TPSA) is 3.24 Å². The van der Waals surface area contributed by atoms with Crippen molar-refractivity contribution in [3.63, 3.8) is 0 Å². The maximum absolute atomic E-state index is 2.96. The standard InChI is InChI=1S/C8H10N.ClH.Zn/c1-9(2)8-6-4-3-5-7-8;;/h4-7H,1-2H3;1H;/p-1. The average molecular weight is 221 g/mol. The van der Waals surface area contributed by atoms with Gasteiger partial charge >= 0.3 is 0 Å². The number of rotatable bonds is 1. The molecule has 11 heavy (non-hydrogen) atoms. The van der Waals surface area contributed by atoms with Crippen molar-refractivity contribution in [1.82, 2.24) is 4.90 Å². The van der Waals surface area contributed by atoms with Crippen molar-refractivity contribution in [3.8, 4) is 0 Å². The van der Waals surface area contributed by atoms with Gasteiger partial charge in [0.1, 0.15) is 0 Å². The van der Waals surface area contributed by atoms with E-state index in [0.29, 0.717) is 0 Å². The van der Waals surface area contributed by atoms with Gasteiger partial charge in [-0.2, -0.15) is 0 Å². The van der Waals surface area contributed by atoms with Gasteiger partial charge in [-0.05, 0) is 18.2 Å². The molecule has 1 rings (SSSR count). The maximum atomic E-state index is 2.96. The zero-order chi connectivity index (χ0) is 6.69. The molecule has 1 aliphatic rings. The first-order chi connectivity index (χ1) is 4.30. The van der Waals surface area contributed by atoms with Gasteiger partial charge in [-0.3, -0.25) is 0 Å². The summed E-state index contributed by atoms with van der Waals surface area (Å²) < 4.78 is 0. The van der Waals surface area contributed by atoms with E-state index in [1.54, 1.807) is 0 Å². The van der Waals surface area contributed by atoms with Gasteiger partial charge in [-0.1, -0.05) is 0 Å². The minimum absolute atomic E-state index is 0. The molecule has 0 saturated carbocycles. The van der Waals surface area contributed by atoms with Gasteiger partial charge in [-0.25, -0.2) is 0 Å². The third kappa shape index (κ3) is 4.42. The number of halogens is 1. The minimum atomic E-state index is 0. The van der Waals surface area contributed by atoms with E-state index < -0.39 is 0 Å². The van der Waals surface area contributed by atoms with Gasteiger partial charge in [0.2, 0.25) is 0 Å². The van der Waals surface area contributed by atoms with Crippen LogP contribution in [0.3, 0.4) is 0 Å². The molecule has 0 aliphatic heterocycles. The zero-order valence-electron chi connectivity index (χ0n) is 6.84. The first kappa shape index (κ1) is 13.6. The molecule has 0 saturated heterocycles. The van der Waals surface area contributed by atoms with E-state index in [0.717, 1.165) is 0 Å². The summed E-state index contributed by atoms with van der Waals surface area (Å²) >= 11 is 0. The predicted octanol–water partition coefficient (Wildman–Crippen LogP) is -1.64. The van der Waals surface area contributed by atoms with E-state index in [4.69, 9.17) is 0 Å². The fraction of sp³-hybridized carbons (Fsp3) is 0.250. The molecule has 0 fully saturated rings. The molecule has 0 N–H and O–H groups in total. The number of hydrogen-bond donors (Lipinski definition) is 0. The van der Waals surface area contributed by atoms with Gasteiger partial charge in [0.15, 0.2) is 0 Å². The van der Waals surface area contributed by atoms with E-state index in [1.165, 1.54) is 5.70 Å². The number of allylic oxidation sites excluding steroid dienone is 2. The normalized spacial score (nSPS) is 12.7. The van der Waals surface area contributed by atoms with Crippen LogP contribution in [0.5, 0.6) is 0 Å². The quantitative estimate of drug-likeness (QED) is 0.379. The van der Waals surface area contributed by atoms with Crippen LogP contribution in [0.1, 0.15) is 0 Å². The molecule has 1 radical (unpaired) electrons. The Morgan fingerprint density at radius 3 is 2.18 bits per heavy atom. The van der Waals surface area contributed by atoms with Crippen LogP contribution >= 0.6 is 0 Å². The third-order valence-corrected chi connectivity index (χ3v) is 1.22. The van der Waals surface area contributed by atoms with Crippen molar-refractivity contribution in [2.75, 3.05) is 14.1 Å². The van der Waals surface area contributed by atoms with Crippen molar-refractivity contribution in [1.29, 1.82) is 0 Å². The Labute approximate surface area is 87.0 Å². The average Bonchev–Trinajstić information content (AvgIpc) is 1.90. The van der Waals surface area contributed by atoms with Gasteiger partial charge in [-0.15, -0.1) is 5.73 Å². The smallest absolute Gasteiger partial charge is 0.0367 e. The molecule has 0 spiro atoms. The van der Waals surface area contributed by atoms with Crippen LogP contribution in [0.4, 0.5) is 0 Å². The fourth-order valence-corrected chi connectivity index (χ4v) is 0.676. The fourth-order valence-electron chi connectivity index (χ4n) is 0.676. The van der Waals surface area contributed by atoms with Gasteiger partial charge in [0.05, 0.1) is 0 Å². The second-order valence-electron chi connectivity index (χ2n) is 2.15. The van der Waals surface area contributed by atoms with Crippen molar-refractivity contribution < 1.29 is 31.9 Å². The molecule has 0 bridgehead atoms. The molecular formula is C8H10ClNZn-. The van der Waals surface area contributed by atoms with E-state index >= 15 is 0 Å². The summed E-state index contributed by atoms with van der Waals surface area (Å²) in [5.41, 5.74) is 4.18. The Bertz CT molecular complexity index is 190. The molecule has 0 aromatic heterocycles. The van der Waals surface area contributed by atoms with Crippen LogP contribution in [-0.4, -0.2) is 19.0 Å².